The van der Waals surface area contributed by atoms with Crippen LogP contribution in [0.3, 0.4) is 0 Å². The standard InChI is InChI=1S/C20H17NO2S2/c1-2-12-21-19(22)18(25-20(21)24)13-15-8-10-17(11-9-15)23-14-16-6-4-3-5-7-16/h2-11,13H,1,12,14H2. The maximum Gasteiger partial charge on any atom is 0.266 e. The first-order valence-corrected chi connectivity index (χ1v) is 9.03. The molecular formula is C20H17NO2S2. The number of carbonyl (C=O) groups excluding carboxylic acids is 1. The Kier molecular flexibility index (Phi) is 5.68. The Morgan fingerprint density at radius 1 is 1.12 bits per heavy atom. The fourth-order valence-electron chi connectivity index (χ4n) is 2.34. The van der Waals surface area contributed by atoms with Gasteiger partial charge in [0.15, 0.2) is 0 Å². The number of carbonyl (C=O) groups is 1. The van der Waals surface area contributed by atoms with Crippen molar-refractivity contribution < 1.29 is 9.53 Å². The first-order chi connectivity index (χ1) is 12.2. The fourth-order valence-corrected chi connectivity index (χ4v) is 3.61. The summed E-state index contributed by atoms with van der Waals surface area (Å²) in [6, 6.07) is 17.7. The van der Waals surface area contributed by atoms with Crippen LogP contribution in [0.25, 0.3) is 6.08 Å². The van der Waals surface area contributed by atoms with E-state index in [0.717, 1.165) is 16.9 Å². The van der Waals surface area contributed by atoms with Gasteiger partial charge in [-0.25, -0.2) is 0 Å². The van der Waals surface area contributed by atoms with E-state index in [1.54, 1.807) is 11.0 Å². The molecule has 0 aromatic heterocycles. The number of thiocarbonyl (C=S) groups is 1. The predicted octanol–water partition coefficient (Wildman–Crippen LogP) is 4.65. The molecule has 1 fully saturated rings. The highest BCUT2D eigenvalue weighted by Gasteiger charge is 2.30. The minimum Gasteiger partial charge on any atom is -0.489 e. The van der Waals surface area contributed by atoms with Gasteiger partial charge in [0.25, 0.3) is 5.91 Å². The number of nitrogens with zero attached hydrogens (tertiary/aromatic N) is 1. The summed E-state index contributed by atoms with van der Waals surface area (Å²) < 4.78 is 6.34. The Morgan fingerprint density at radius 3 is 2.52 bits per heavy atom. The van der Waals surface area contributed by atoms with E-state index in [1.165, 1.54) is 11.8 Å². The highest BCUT2D eigenvalue weighted by atomic mass is 32.2. The van der Waals surface area contributed by atoms with Crippen molar-refractivity contribution in [2.75, 3.05) is 6.54 Å². The van der Waals surface area contributed by atoms with Crippen molar-refractivity contribution in [1.82, 2.24) is 4.90 Å². The summed E-state index contributed by atoms with van der Waals surface area (Å²) in [5, 5.41) is 0. The van der Waals surface area contributed by atoms with E-state index in [9.17, 15) is 4.79 Å². The quantitative estimate of drug-likeness (QED) is 0.422. The minimum atomic E-state index is -0.0701. The van der Waals surface area contributed by atoms with E-state index in [-0.39, 0.29) is 5.91 Å². The molecule has 0 bridgehead atoms. The Balaban J connectivity index is 1.65. The van der Waals surface area contributed by atoms with E-state index in [1.807, 2.05) is 60.7 Å². The maximum absolute atomic E-state index is 12.3. The van der Waals surface area contributed by atoms with Gasteiger partial charge in [0.1, 0.15) is 16.7 Å². The lowest BCUT2D eigenvalue weighted by Crippen LogP contribution is -2.27. The Hall–Kier alpha value is -2.37. The molecule has 1 saturated heterocycles. The van der Waals surface area contributed by atoms with Crippen molar-refractivity contribution >= 4 is 40.3 Å². The van der Waals surface area contributed by atoms with Gasteiger partial charge in [0.2, 0.25) is 0 Å². The van der Waals surface area contributed by atoms with Gasteiger partial charge < -0.3 is 4.74 Å². The molecule has 25 heavy (non-hydrogen) atoms. The summed E-state index contributed by atoms with van der Waals surface area (Å²) >= 11 is 6.56. The van der Waals surface area contributed by atoms with Crippen LogP contribution in [0.1, 0.15) is 11.1 Å². The second-order valence-corrected chi connectivity index (χ2v) is 7.10. The molecule has 1 amide bonds. The van der Waals surface area contributed by atoms with Crippen LogP contribution in [0, 0.1) is 0 Å². The number of hydrogen-bond donors (Lipinski definition) is 0. The average molecular weight is 367 g/mol. The number of rotatable bonds is 6. The van der Waals surface area contributed by atoms with Crippen LogP contribution in [-0.2, 0) is 11.4 Å². The molecule has 0 unspecified atom stereocenters. The molecule has 3 rings (SSSR count). The van der Waals surface area contributed by atoms with Crippen molar-refractivity contribution in [3.8, 4) is 5.75 Å². The molecule has 0 spiro atoms. The Bertz CT molecular complexity index is 813. The lowest BCUT2D eigenvalue weighted by Gasteiger charge is -2.10. The minimum absolute atomic E-state index is 0.0701. The molecule has 1 aliphatic rings. The topological polar surface area (TPSA) is 29.5 Å². The zero-order valence-corrected chi connectivity index (χ0v) is 15.2. The molecule has 3 nitrogen and oxygen atoms in total. The molecule has 0 radical (unpaired) electrons. The first kappa shape index (κ1) is 17.5. The third-order valence-corrected chi connectivity index (χ3v) is 4.99. The summed E-state index contributed by atoms with van der Waals surface area (Å²) in [6.45, 7) is 4.62. The lowest BCUT2D eigenvalue weighted by molar-refractivity contribution is -0.121. The van der Waals surface area contributed by atoms with Crippen LogP contribution < -0.4 is 4.74 Å². The molecule has 1 aliphatic heterocycles. The molecule has 0 saturated carbocycles. The molecule has 2 aromatic carbocycles. The van der Waals surface area contributed by atoms with Crippen LogP contribution in [0.4, 0.5) is 0 Å². The number of benzene rings is 2. The van der Waals surface area contributed by atoms with E-state index in [0.29, 0.717) is 22.4 Å². The van der Waals surface area contributed by atoms with E-state index >= 15 is 0 Å². The van der Waals surface area contributed by atoms with Crippen molar-refractivity contribution in [2.24, 2.45) is 0 Å². The summed E-state index contributed by atoms with van der Waals surface area (Å²) in [6.07, 6.45) is 3.52. The first-order valence-electron chi connectivity index (χ1n) is 7.80. The number of hydrogen-bond acceptors (Lipinski definition) is 4. The SMILES string of the molecule is C=CCN1C(=O)C(=Cc2ccc(OCc3ccccc3)cc2)SC1=S. The number of thioether (sulfide) groups is 1. The largest absolute Gasteiger partial charge is 0.489 e. The third kappa shape index (κ3) is 4.38. The smallest absolute Gasteiger partial charge is 0.266 e. The van der Waals surface area contributed by atoms with Gasteiger partial charge in [-0.15, -0.1) is 6.58 Å². The Labute approximate surface area is 157 Å². The lowest BCUT2D eigenvalue weighted by atomic mass is 10.2. The monoisotopic (exact) mass is 367 g/mol. The van der Waals surface area contributed by atoms with Gasteiger partial charge in [-0.2, -0.15) is 0 Å². The van der Waals surface area contributed by atoms with E-state index < -0.39 is 0 Å². The normalized spacial score (nSPS) is 15.7. The summed E-state index contributed by atoms with van der Waals surface area (Å²) in [7, 11) is 0. The predicted molar refractivity (Wildman–Crippen MR) is 107 cm³/mol. The second-order valence-electron chi connectivity index (χ2n) is 5.42. The molecule has 0 aliphatic carbocycles. The molecule has 2 aromatic rings. The van der Waals surface area contributed by atoms with E-state index in [2.05, 4.69) is 6.58 Å². The van der Waals surface area contributed by atoms with Crippen molar-refractivity contribution in [2.45, 2.75) is 6.61 Å². The van der Waals surface area contributed by atoms with Crippen molar-refractivity contribution in [3.05, 3.63) is 83.3 Å². The highest BCUT2D eigenvalue weighted by Crippen LogP contribution is 2.32. The van der Waals surface area contributed by atoms with Crippen LogP contribution in [0.5, 0.6) is 5.75 Å². The van der Waals surface area contributed by atoms with Gasteiger partial charge in [-0.3, -0.25) is 9.69 Å². The van der Waals surface area contributed by atoms with Gasteiger partial charge in [0, 0.05) is 6.54 Å². The Morgan fingerprint density at radius 2 is 1.84 bits per heavy atom. The van der Waals surface area contributed by atoms with E-state index in [4.69, 9.17) is 17.0 Å². The van der Waals surface area contributed by atoms with Crippen LogP contribution in [-0.4, -0.2) is 21.7 Å². The molecular weight excluding hydrogens is 350 g/mol. The molecule has 1 heterocycles. The highest BCUT2D eigenvalue weighted by molar-refractivity contribution is 8.26. The van der Waals surface area contributed by atoms with Crippen LogP contribution >= 0.6 is 24.0 Å². The molecule has 0 atom stereocenters. The summed E-state index contributed by atoms with van der Waals surface area (Å²) in [5.41, 5.74) is 2.06. The van der Waals surface area contributed by atoms with Crippen molar-refractivity contribution in [1.29, 1.82) is 0 Å². The number of ether oxygens (including phenoxy) is 1. The fraction of sp³-hybridized carbons (Fsp3) is 0.100. The zero-order valence-electron chi connectivity index (χ0n) is 13.6. The second kappa shape index (κ2) is 8.14. The molecule has 126 valence electrons. The zero-order chi connectivity index (χ0) is 17.6. The number of amides is 1. The van der Waals surface area contributed by atoms with Gasteiger partial charge in [0.05, 0.1) is 4.91 Å². The van der Waals surface area contributed by atoms with Crippen molar-refractivity contribution in [3.63, 3.8) is 0 Å². The van der Waals surface area contributed by atoms with Gasteiger partial charge in [-0.1, -0.05) is 72.5 Å². The third-order valence-electron chi connectivity index (χ3n) is 3.61. The molecule has 0 N–H and O–H groups in total. The summed E-state index contributed by atoms with van der Waals surface area (Å²) in [4.78, 5) is 14.5. The van der Waals surface area contributed by atoms with Crippen LogP contribution in [0.2, 0.25) is 0 Å². The molecule has 5 heteroatoms. The summed E-state index contributed by atoms with van der Waals surface area (Å²) in [5.74, 6) is 0.722. The average Bonchev–Trinajstić information content (AvgIpc) is 2.90. The maximum atomic E-state index is 12.3. The van der Waals surface area contributed by atoms with Crippen LogP contribution in [0.15, 0.2) is 72.2 Å². The van der Waals surface area contributed by atoms with Gasteiger partial charge >= 0.3 is 0 Å². The van der Waals surface area contributed by atoms with Gasteiger partial charge in [-0.05, 0) is 29.3 Å².